The van der Waals surface area contributed by atoms with Crippen LogP contribution in [0.1, 0.15) is 30.1 Å². The van der Waals surface area contributed by atoms with Crippen LogP contribution < -0.4 is 5.32 Å². The molecule has 0 radical (unpaired) electrons. The third-order valence-corrected chi connectivity index (χ3v) is 2.98. The number of hydrogen-bond donors (Lipinski definition) is 2. The SMILES string of the molecule is CCC(O)CCNC(=O)c1cccc2nccnc12. The molecular formula is C14H17N3O2. The van der Waals surface area contributed by atoms with Gasteiger partial charge in [0, 0.05) is 18.9 Å². The molecule has 5 nitrogen and oxygen atoms in total. The topological polar surface area (TPSA) is 75.1 Å². The van der Waals surface area contributed by atoms with Crippen LogP contribution in [0.5, 0.6) is 0 Å². The molecule has 1 unspecified atom stereocenters. The molecule has 1 heterocycles. The van der Waals surface area contributed by atoms with Gasteiger partial charge in [-0.25, -0.2) is 0 Å². The van der Waals surface area contributed by atoms with E-state index >= 15 is 0 Å². The molecule has 1 aromatic heterocycles. The number of aromatic nitrogens is 2. The summed E-state index contributed by atoms with van der Waals surface area (Å²) in [6, 6.07) is 5.33. The third-order valence-electron chi connectivity index (χ3n) is 2.98. The number of aliphatic hydroxyl groups excluding tert-OH is 1. The van der Waals surface area contributed by atoms with Crippen molar-refractivity contribution in [3.8, 4) is 0 Å². The zero-order valence-electron chi connectivity index (χ0n) is 10.8. The molecule has 0 bridgehead atoms. The standard InChI is InChI=1S/C14H17N3O2/c1-2-10(18)6-7-17-14(19)11-4-3-5-12-13(11)16-9-8-15-12/h3-5,8-10,18H,2,6-7H2,1H3,(H,17,19). The fourth-order valence-corrected chi connectivity index (χ4v) is 1.83. The predicted molar refractivity (Wildman–Crippen MR) is 72.8 cm³/mol. The molecule has 0 spiro atoms. The molecule has 2 aromatic rings. The summed E-state index contributed by atoms with van der Waals surface area (Å²) in [4.78, 5) is 20.4. The minimum Gasteiger partial charge on any atom is -0.393 e. The van der Waals surface area contributed by atoms with Gasteiger partial charge < -0.3 is 10.4 Å². The van der Waals surface area contributed by atoms with Crippen molar-refractivity contribution in [1.82, 2.24) is 15.3 Å². The zero-order chi connectivity index (χ0) is 13.7. The second kappa shape index (κ2) is 6.24. The van der Waals surface area contributed by atoms with Crippen LogP contribution in [0.15, 0.2) is 30.6 Å². The maximum atomic E-state index is 12.1. The van der Waals surface area contributed by atoms with Crippen molar-refractivity contribution in [2.45, 2.75) is 25.9 Å². The molecule has 2 N–H and O–H groups in total. The molecular weight excluding hydrogens is 242 g/mol. The van der Waals surface area contributed by atoms with Crippen molar-refractivity contribution in [2.75, 3.05) is 6.54 Å². The first-order valence-electron chi connectivity index (χ1n) is 6.38. The molecule has 1 amide bonds. The molecule has 1 aromatic carbocycles. The number of nitrogens with one attached hydrogen (secondary N) is 1. The van der Waals surface area contributed by atoms with Crippen LogP contribution >= 0.6 is 0 Å². The Bertz CT molecular complexity index is 566. The van der Waals surface area contributed by atoms with Gasteiger partial charge in [-0.1, -0.05) is 13.0 Å². The van der Waals surface area contributed by atoms with E-state index in [1.54, 1.807) is 24.5 Å². The molecule has 19 heavy (non-hydrogen) atoms. The summed E-state index contributed by atoms with van der Waals surface area (Å²) in [5, 5.41) is 12.2. The van der Waals surface area contributed by atoms with Crippen molar-refractivity contribution in [1.29, 1.82) is 0 Å². The van der Waals surface area contributed by atoms with Crippen LogP contribution in [-0.4, -0.2) is 33.6 Å². The van der Waals surface area contributed by atoms with Crippen LogP contribution in [-0.2, 0) is 0 Å². The summed E-state index contributed by atoms with van der Waals surface area (Å²) >= 11 is 0. The van der Waals surface area contributed by atoms with Gasteiger partial charge in [0.1, 0.15) is 5.52 Å². The minimum atomic E-state index is -0.368. The van der Waals surface area contributed by atoms with Gasteiger partial charge in [-0.15, -0.1) is 0 Å². The quantitative estimate of drug-likeness (QED) is 0.853. The maximum absolute atomic E-state index is 12.1. The lowest BCUT2D eigenvalue weighted by Gasteiger charge is -2.09. The number of fused-ring (bicyclic) bond motifs is 1. The van der Waals surface area contributed by atoms with Gasteiger partial charge in [-0.2, -0.15) is 0 Å². The molecule has 5 heteroatoms. The van der Waals surface area contributed by atoms with Crippen LogP contribution in [0, 0.1) is 0 Å². The average Bonchev–Trinajstić information content (AvgIpc) is 2.46. The fraction of sp³-hybridized carbons (Fsp3) is 0.357. The molecule has 0 aliphatic heterocycles. The Hall–Kier alpha value is -2.01. The number of carbonyl (C=O) groups excluding carboxylic acids is 1. The van der Waals surface area contributed by atoms with Crippen LogP contribution in [0.25, 0.3) is 11.0 Å². The van der Waals surface area contributed by atoms with Crippen LogP contribution in [0.2, 0.25) is 0 Å². The number of carbonyl (C=O) groups is 1. The number of aliphatic hydroxyl groups is 1. The molecule has 1 atom stereocenters. The highest BCUT2D eigenvalue weighted by molar-refractivity contribution is 6.04. The lowest BCUT2D eigenvalue weighted by molar-refractivity contribution is 0.0943. The van der Waals surface area contributed by atoms with Crippen molar-refractivity contribution in [2.24, 2.45) is 0 Å². The first-order valence-corrected chi connectivity index (χ1v) is 6.38. The summed E-state index contributed by atoms with van der Waals surface area (Å²) in [5.41, 5.74) is 1.80. The van der Waals surface area contributed by atoms with Gasteiger partial charge in [0.15, 0.2) is 0 Å². The number of benzene rings is 1. The van der Waals surface area contributed by atoms with E-state index in [0.717, 1.165) is 0 Å². The fourth-order valence-electron chi connectivity index (χ4n) is 1.83. The zero-order valence-corrected chi connectivity index (χ0v) is 10.8. The first kappa shape index (κ1) is 13.4. The maximum Gasteiger partial charge on any atom is 0.253 e. The van der Waals surface area contributed by atoms with Gasteiger partial charge in [0.05, 0.1) is 17.2 Å². The van der Waals surface area contributed by atoms with E-state index in [1.807, 2.05) is 13.0 Å². The molecule has 2 rings (SSSR count). The summed E-state index contributed by atoms with van der Waals surface area (Å²) in [5.74, 6) is -0.186. The van der Waals surface area contributed by atoms with E-state index in [4.69, 9.17) is 0 Å². The van der Waals surface area contributed by atoms with Gasteiger partial charge in [-0.3, -0.25) is 14.8 Å². The summed E-state index contributed by atoms with van der Waals surface area (Å²) in [7, 11) is 0. The van der Waals surface area contributed by atoms with Crippen LogP contribution in [0.3, 0.4) is 0 Å². The smallest absolute Gasteiger partial charge is 0.253 e. The summed E-state index contributed by atoms with van der Waals surface area (Å²) < 4.78 is 0. The van der Waals surface area contributed by atoms with E-state index in [9.17, 15) is 9.90 Å². The van der Waals surface area contributed by atoms with E-state index in [2.05, 4.69) is 15.3 Å². The Morgan fingerprint density at radius 3 is 2.95 bits per heavy atom. The van der Waals surface area contributed by atoms with Gasteiger partial charge in [0.25, 0.3) is 5.91 Å². The highest BCUT2D eigenvalue weighted by Gasteiger charge is 2.11. The summed E-state index contributed by atoms with van der Waals surface area (Å²) in [6.45, 7) is 2.36. The van der Waals surface area contributed by atoms with E-state index < -0.39 is 0 Å². The molecule has 0 saturated carbocycles. The number of para-hydroxylation sites is 1. The second-order valence-electron chi connectivity index (χ2n) is 4.34. The number of nitrogens with zero attached hydrogens (tertiary/aromatic N) is 2. The first-order chi connectivity index (χ1) is 9.22. The predicted octanol–water partition coefficient (Wildman–Crippen LogP) is 1.52. The van der Waals surface area contributed by atoms with E-state index in [-0.39, 0.29) is 12.0 Å². The van der Waals surface area contributed by atoms with Crippen molar-refractivity contribution in [3.63, 3.8) is 0 Å². The normalized spacial score (nSPS) is 12.3. The highest BCUT2D eigenvalue weighted by atomic mass is 16.3. The Morgan fingerprint density at radius 2 is 2.16 bits per heavy atom. The van der Waals surface area contributed by atoms with Crippen molar-refractivity contribution < 1.29 is 9.90 Å². The third kappa shape index (κ3) is 3.26. The molecule has 100 valence electrons. The highest BCUT2D eigenvalue weighted by Crippen LogP contribution is 2.13. The van der Waals surface area contributed by atoms with E-state index in [0.29, 0.717) is 36.0 Å². The molecule has 0 aliphatic rings. The molecule has 0 aliphatic carbocycles. The second-order valence-corrected chi connectivity index (χ2v) is 4.34. The monoisotopic (exact) mass is 259 g/mol. The van der Waals surface area contributed by atoms with Crippen LogP contribution in [0.4, 0.5) is 0 Å². The van der Waals surface area contributed by atoms with Crippen molar-refractivity contribution >= 4 is 16.9 Å². The van der Waals surface area contributed by atoms with Crippen molar-refractivity contribution in [3.05, 3.63) is 36.2 Å². The lowest BCUT2D eigenvalue weighted by atomic mass is 10.1. The summed E-state index contributed by atoms with van der Waals surface area (Å²) in [6.07, 6.45) is 4.04. The largest absolute Gasteiger partial charge is 0.393 e. The molecule has 0 fully saturated rings. The Morgan fingerprint density at radius 1 is 1.37 bits per heavy atom. The van der Waals surface area contributed by atoms with E-state index in [1.165, 1.54) is 0 Å². The van der Waals surface area contributed by atoms with Gasteiger partial charge in [-0.05, 0) is 25.0 Å². The Balaban J connectivity index is 2.09. The molecule has 0 saturated heterocycles. The lowest BCUT2D eigenvalue weighted by Crippen LogP contribution is -2.27. The Labute approximate surface area is 111 Å². The average molecular weight is 259 g/mol. The Kier molecular flexibility index (Phi) is 4.41. The number of rotatable bonds is 5. The van der Waals surface area contributed by atoms with Gasteiger partial charge in [0.2, 0.25) is 0 Å². The number of hydrogen-bond acceptors (Lipinski definition) is 4. The minimum absolute atomic E-state index is 0.186. The van der Waals surface area contributed by atoms with Gasteiger partial charge >= 0.3 is 0 Å². The number of amides is 1.